The van der Waals surface area contributed by atoms with Crippen molar-refractivity contribution in [1.82, 2.24) is 9.55 Å². The molecule has 0 spiro atoms. The number of nitrogens with zero attached hydrogens (tertiary/aromatic N) is 2. The number of methoxy groups -OCH3 is 1. The maximum Gasteiger partial charge on any atom is 0.134 e. The minimum absolute atomic E-state index is 0.723. The van der Waals surface area contributed by atoms with E-state index in [9.17, 15) is 0 Å². The van der Waals surface area contributed by atoms with Crippen molar-refractivity contribution in [2.45, 2.75) is 11.4 Å². The molecule has 90 valence electrons. The van der Waals surface area contributed by atoms with Crippen molar-refractivity contribution in [1.29, 1.82) is 0 Å². The summed E-state index contributed by atoms with van der Waals surface area (Å²) < 4.78 is 7.35. The number of hydrogen-bond donors (Lipinski definition) is 1. The highest BCUT2D eigenvalue weighted by Gasteiger charge is 2.03. The molecule has 1 aromatic heterocycles. The zero-order valence-corrected chi connectivity index (χ0v) is 10.5. The summed E-state index contributed by atoms with van der Waals surface area (Å²) in [6, 6.07) is 5.73. The highest BCUT2D eigenvalue weighted by atomic mass is 32.2. The van der Waals surface area contributed by atoms with Gasteiger partial charge in [0.2, 0.25) is 0 Å². The number of thioether (sulfide) groups is 1. The van der Waals surface area contributed by atoms with Gasteiger partial charge in [-0.2, -0.15) is 0 Å². The standard InChI is InChI=1S/C12H15N3OS/c1-16-11-8-10(13)2-3-12(11)17-7-6-15-5-4-14-9-15/h2-5,8-9H,6-7,13H2,1H3. The zero-order chi connectivity index (χ0) is 12.1. The third-order valence-corrected chi connectivity index (χ3v) is 3.39. The van der Waals surface area contributed by atoms with Crippen LogP contribution in [0.25, 0.3) is 0 Å². The molecule has 5 heteroatoms. The molecular weight excluding hydrogens is 234 g/mol. The molecule has 0 aliphatic heterocycles. The number of nitrogens with two attached hydrogens (primary N) is 1. The van der Waals surface area contributed by atoms with Crippen LogP contribution in [0.15, 0.2) is 41.8 Å². The van der Waals surface area contributed by atoms with Crippen molar-refractivity contribution in [3.8, 4) is 5.75 Å². The van der Waals surface area contributed by atoms with Crippen LogP contribution in [-0.2, 0) is 6.54 Å². The monoisotopic (exact) mass is 249 g/mol. The molecule has 0 bridgehead atoms. The smallest absolute Gasteiger partial charge is 0.134 e. The van der Waals surface area contributed by atoms with Gasteiger partial charge in [-0.25, -0.2) is 4.98 Å². The Balaban J connectivity index is 1.94. The number of imidazole rings is 1. The molecule has 2 N–H and O–H groups in total. The maximum atomic E-state index is 5.71. The quantitative estimate of drug-likeness (QED) is 0.652. The molecule has 2 aromatic rings. The number of hydrogen-bond acceptors (Lipinski definition) is 4. The Labute approximate surface area is 105 Å². The van der Waals surface area contributed by atoms with E-state index in [2.05, 4.69) is 9.55 Å². The lowest BCUT2D eigenvalue weighted by molar-refractivity contribution is 0.405. The Hall–Kier alpha value is -1.62. The SMILES string of the molecule is COc1cc(N)ccc1SCCn1ccnc1. The van der Waals surface area contributed by atoms with Gasteiger partial charge in [-0.3, -0.25) is 0 Å². The minimum Gasteiger partial charge on any atom is -0.496 e. The van der Waals surface area contributed by atoms with E-state index in [1.807, 2.05) is 30.7 Å². The predicted octanol–water partition coefficient (Wildman–Crippen LogP) is 2.27. The largest absolute Gasteiger partial charge is 0.496 e. The third-order valence-electron chi connectivity index (χ3n) is 2.35. The molecule has 0 aliphatic carbocycles. The summed E-state index contributed by atoms with van der Waals surface area (Å²) in [7, 11) is 1.66. The van der Waals surface area contributed by atoms with Crippen LogP contribution in [0.4, 0.5) is 5.69 Å². The molecule has 0 aliphatic rings. The van der Waals surface area contributed by atoms with E-state index in [0.29, 0.717) is 0 Å². The first-order valence-electron chi connectivity index (χ1n) is 5.31. The Bertz CT molecular complexity index is 471. The van der Waals surface area contributed by atoms with Crippen molar-refractivity contribution < 1.29 is 4.74 Å². The molecule has 0 radical (unpaired) electrons. The summed E-state index contributed by atoms with van der Waals surface area (Å²) in [4.78, 5) is 5.12. The summed E-state index contributed by atoms with van der Waals surface area (Å²) in [5.41, 5.74) is 6.43. The summed E-state index contributed by atoms with van der Waals surface area (Å²) >= 11 is 1.75. The number of aryl methyl sites for hydroxylation is 1. The maximum absolute atomic E-state index is 5.71. The lowest BCUT2D eigenvalue weighted by Gasteiger charge is -2.09. The van der Waals surface area contributed by atoms with Crippen molar-refractivity contribution in [2.75, 3.05) is 18.6 Å². The van der Waals surface area contributed by atoms with E-state index >= 15 is 0 Å². The Kier molecular flexibility index (Phi) is 3.93. The number of ether oxygens (including phenoxy) is 1. The number of rotatable bonds is 5. The first-order chi connectivity index (χ1) is 8.29. The van der Waals surface area contributed by atoms with Crippen LogP contribution in [-0.4, -0.2) is 22.4 Å². The fraction of sp³-hybridized carbons (Fsp3) is 0.250. The molecule has 17 heavy (non-hydrogen) atoms. The summed E-state index contributed by atoms with van der Waals surface area (Å²) in [5, 5.41) is 0. The van der Waals surface area contributed by atoms with Crippen LogP contribution < -0.4 is 10.5 Å². The van der Waals surface area contributed by atoms with E-state index in [0.717, 1.165) is 28.6 Å². The summed E-state index contributed by atoms with van der Waals surface area (Å²) in [5.74, 6) is 1.80. The van der Waals surface area contributed by atoms with Crippen LogP contribution in [0, 0.1) is 0 Å². The van der Waals surface area contributed by atoms with Gasteiger partial charge in [0.15, 0.2) is 0 Å². The molecule has 4 nitrogen and oxygen atoms in total. The average Bonchev–Trinajstić information content (AvgIpc) is 2.84. The van der Waals surface area contributed by atoms with Crippen molar-refractivity contribution >= 4 is 17.4 Å². The molecule has 1 aromatic carbocycles. The van der Waals surface area contributed by atoms with Gasteiger partial charge in [-0.05, 0) is 12.1 Å². The van der Waals surface area contributed by atoms with Gasteiger partial charge in [0.05, 0.1) is 13.4 Å². The van der Waals surface area contributed by atoms with Crippen LogP contribution in [0.5, 0.6) is 5.75 Å². The first-order valence-corrected chi connectivity index (χ1v) is 6.30. The van der Waals surface area contributed by atoms with Gasteiger partial charge in [0, 0.05) is 41.3 Å². The lowest BCUT2D eigenvalue weighted by atomic mass is 10.3. The second kappa shape index (κ2) is 5.63. The minimum atomic E-state index is 0.723. The molecule has 0 amide bonds. The van der Waals surface area contributed by atoms with Gasteiger partial charge < -0.3 is 15.0 Å². The lowest BCUT2D eigenvalue weighted by Crippen LogP contribution is -1.97. The second-order valence-corrected chi connectivity index (χ2v) is 4.70. The van der Waals surface area contributed by atoms with Gasteiger partial charge in [-0.1, -0.05) is 0 Å². The van der Waals surface area contributed by atoms with Crippen LogP contribution in [0.1, 0.15) is 0 Å². The molecule has 1 heterocycles. The Morgan fingerprint density at radius 3 is 3.06 bits per heavy atom. The normalized spacial score (nSPS) is 10.4. The zero-order valence-electron chi connectivity index (χ0n) is 9.67. The highest BCUT2D eigenvalue weighted by molar-refractivity contribution is 7.99. The second-order valence-electron chi connectivity index (χ2n) is 3.56. The number of aromatic nitrogens is 2. The molecule has 2 rings (SSSR count). The molecule has 0 fully saturated rings. The van der Waals surface area contributed by atoms with Gasteiger partial charge in [0.25, 0.3) is 0 Å². The van der Waals surface area contributed by atoms with Crippen LogP contribution in [0.2, 0.25) is 0 Å². The van der Waals surface area contributed by atoms with Gasteiger partial charge in [0.1, 0.15) is 5.75 Å². The summed E-state index contributed by atoms with van der Waals surface area (Å²) in [6.45, 7) is 0.929. The molecule has 0 saturated heterocycles. The van der Waals surface area contributed by atoms with Crippen molar-refractivity contribution in [2.24, 2.45) is 0 Å². The van der Waals surface area contributed by atoms with Crippen molar-refractivity contribution in [3.63, 3.8) is 0 Å². The molecule has 0 unspecified atom stereocenters. The van der Waals surface area contributed by atoms with Crippen LogP contribution in [0.3, 0.4) is 0 Å². The molecular formula is C12H15N3OS. The van der Waals surface area contributed by atoms with E-state index in [-0.39, 0.29) is 0 Å². The van der Waals surface area contributed by atoms with E-state index in [4.69, 9.17) is 10.5 Å². The number of benzene rings is 1. The van der Waals surface area contributed by atoms with Crippen LogP contribution >= 0.6 is 11.8 Å². The van der Waals surface area contributed by atoms with Crippen molar-refractivity contribution in [3.05, 3.63) is 36.9 Å². The molecule has 0 saturated carbocycles. The number of nitrogen functional groups attached to an aromatic ring is 1. The average molecular weight is 249 g/mol. The number of anilines is 1. The predicted molar refractivity (Wildman–Crippen MR) is 70.4 cm³/mol. The highest BCUT2D eigenvalue weighted by Crippen LogP contribution is 2.30. The van der Waals surface area contributed by atoms with E-state index < -0.39 is 0 Å². The third kappa shape index (κ3) is 3.17. The molecule has 0 atom stereocenters. The first kappa shape index (κ1) is 11.9. The Morgan fingerprint density at radius 2 is 2.35 bits per heavy atom. The van der Waals surface area contributed by atoms with E-state index in [1.165, 1.54) is 0 Å². The fourth-order valence-electron chi connectivity index (χ4n) is 1.48. The summed E-state index contributed by atoms with van der Waals surface area (Å²) in [6.07, 6.45) is 5.57. The van der Waals surface area contributed by atoms with Gasteiger partial charge >= 0.3 is 0 Å². The van der Waals surface area contributed by atoms with Gasteiger partial charge in [-0.15, -0.1) is 11.8 Å². The topological polar surface area (TPSA) is 53.1 Å². The van der Waals surface area contributed by atoms with E-state index in [1.54, 1.807) is 25.1 Å². The Morgan fingerprint density at radius 1 is 1.47 bits per heavy atom. The fourth-order valence-corrected chi connectivity index (χ4v) is 2.45.